The van der Waals surface area contributed by atoms with Gasteiger partial charge in [0.15, 0.2) is 5.58 Å². The summed E-state index contributed by atoms with van der Waals surface area (Å²) in [7, 11) is 0. The lowest BCUT2D eigenvalue weighted by atomic mass is 9.95. The zero-order valence-corrected chi connectivity index (χ0v) is 18.3. The second kappa shape index (κ2) is 8.55. The topological polar surface area (TPSA) is 58.4 Å². The minimum absolute atomic E-state index is 0.00598. The van der Waals surface area contributed by atoms with Crippen molar-refractivity contribution in [2.45, 2.75) is 25.8 Å². The molecule has 0 radical (unpaired) electrons. The fourth-order valence-electron chi connectivity index (χ4n) is 4.12. The first-order chi connectivity index (χ1) is 15.2. The molecule has 1 atom stereocenters. The Balaban J connectivity index is 1.26. The molecule has 1 unspecified atom stereocenters. The van der Waals surface area contributed by atoms with E-state index in [-0.39, 0.29) is 17.9 Å². The molecule has 0 saturated carbocycles. The molecular formula is C25H25N3O2S. The monoisotopic (exact) mass is 431 g/mol. The maximum atomic E-state index is 13.2. The number of anilines is 1. The minimum atomic E-state index is -0.108. The van der Waals surface area contributed by atoms with E-state index in [2.05, 4.69) is 57.8 Å². The zero-order valence-electron chi connectivity index (χ0n) is 17.5. The van der Waals surface area contributed by atoms with Crippen LogP contribution in [0.2, 0.25) is 0 Å². The van der Waals surface area contributed by atoms with Gasteiger partial charge in [0.05, 0.1) is 6.04 Å². The highest BCUT2D eigenvalue weighted by Crippen LogP contribution is 2.29. The van der Waals surface area contributed by atoms with Crippen LogP contribution in [0.25, 0.3) is 11.1 Å². The third-order valence-electron chi connectivity index (χ3n) is 5.94. The van der Waals surface area contributed by atoms with Gasteiger partial charge in [-0.25, -0.2) is 0 Å². The zero-order chi connectivity index (χ0) is 21.2. The Morgan fingerprint density at radius 3 is 2.58 bits per heavy atom. The molecule has 1 amide bonds. The summed E-state index contributed by atoms with van der Waals surface area (Å²) in [6.45, 7) is 3.60. The number of nitrogens with one attached hydrogen (secondary N) is 1. The fourth-order valence-corrected chi connectivity index (χ4v) is 4.92. The van der Waals surface area contributed by atoms with Crippen molar-refractivity contribution in [3.05, 3.63) is 82.0 Å². The van der Waals surface area contributed by atoms with Gasteiger partial charge in [0.1, 0.15) is 5.52 Å². The summed E-state index contributed by atoms with van der Waals surface area (Å²) in [6.07, 6.45) is 1.57. The van der Waals surface area contributed by atoms with Crippen molar-refractivity contribution in [1.82, 2.24) is 10.3 Å². The van der Waals surface area contributed by atoms with Crippen molar-refractivity contribution in [2.75, 3.05) is 18.0 Å². The van der Waals surface area contributed by atoms with E-state index in [1.54, 1.807) is 11.3 Å². The van der Waals surface area contributed by atoms with Gasteiger partial charge in [-0.3, -0.25) is 4.79 Å². The van der Waals surface area contributed by atoms with Crippen LogP contribution in [0.15, 0.2) is 70.5 Å². The fraction of sp³-hybridized carbons (Fsp3) is 0.280. The largest absolute Gasteiger partial charge is 0.423 e. The Morgan fingerprint density at radius 2 is 1.87 bits per heavy atom. The van der Waals surface area contributed by atoms with Crippen molar-refractivity contribution < 1.29 is 9.21 Å². The summed E-state index contributed by atoms with van der Waals surface area (Å²) in [4.78, 5) is 21.1. The highest BCUT2D eigenvalue weighted by Gasteiger charge is 2.29. The van der Waals surface area contributed by atoms with Crippen LogP contribution in [0.5, 0.6) is 0 Å². The van der Waals surface area contributed by atoms with E-state index < -0.39 is 0 Å². The SMILES string of the molecule is Cc1ccc(C(NC(=O)C2CCN(c3nc4ccccc4o3)CC2)c2cccs2)cc1. The van der Waals surface area contributed by atoms with Crippen LogP contribution in [0.1, 0.15) is 34.9 Å². The summed E-state index contributed by atoms with van der Waals surface area (Å²) in [5, 5.41) is 5.37. The van der Waals surface area contributed by atoms with Crippen molar-refractivity contribution in [3.63, 3.8) is 0 Å². The molecule has 31 heavy (non-hydrogen) atoms. The molecule has 3 heterocycles. The van der Waals surface area contributed by atoms with E-state index in [0.717, 1.165) is 47.5 Å². The van der Waals surface area contributed by atoms with Gasteiger partial charge in [0.2, 0.25) is 5.91 Å². The van der Waals surface area contributed by atoms with Crippen LogP contribution in [0.3, 0.4) is 0 Å². The second-order valence-corrected chi connectivity index (χ2v) is 9.07. The standard InChI is InChI=1S/C25H25N3O2S/c1-17-8-10-18(11-9-17)23(22-7-4-16-31-22)27-24(29)19-12-14-28(15-13-19)25-26-20-5-2-3-6-21(20)30-25/h2-11,16,19,23H,12-15H2,1H3,(H,27,29). The molecule has 6 heteroatoms. The van der Waals surface area contributed by atoms with Gasteiger partial charge in [-0.2, -0.15) is 4.98 Å². The van der Waals surface area contributed by atoms with Gasteiger partial charge in [-0.1, -0.05) is 48.0 Å². The van der Waals surface area contributed by atoms with Gasteiger partial charge < -0.3 is 14.6 Å². The van der Waals surface area contributed by atoms with Crippen molar-refractivity contribution in [1.29, 1.82) is 0 Å². The molecule has 5 rings (SSSR count). The van der Waals surface area contributed by atoms with Gasteiger partial charge in [0.25, 0.3) is 6.01 Å². The highest BCUT2D eigenvalue weighted by atomic mass is 32.1. The Hall–Kier alpha value is -3.12. The number of thiophene rings is 1. The number of aryl methyl sites for hydroxylation is 1. The van der Waals surface area contributed by atoms with Crippen molar-refractivity contribution >= 4 is 34.4 Å². The molecule has 1 N–H and O–H groups in total. The lowest BCUT2D eigenvalue weighted by Gasteiger charge is -2.31. The molecular weight excluding hydrogens is 406 g/mol. The predicted octanol–water partition coefficient (Wildman–Crippen LogP) is 5.32. The Morgan fingerprint density at radius 1 is 1.10 bits per heavy atom. The van der Waals surface area contributed by atoms with Crippen LogP contribution in [-0.4, -0.2) is 24.0 Å². The molecule has 2 aromatic heterocycles. The predicted molar refractivity (Wildman–Crippen MR) is 124 cm³/mol. The number of carbonyl (C=O) groups excluding carboxylic acids is 1. The molecule has 0 bridgehead atoms. The van der Waals surface area contributed by atoms with Crippen LogP contribution >= 0.6 is 11.3 Å². The van der Waals surface area contributed by atoms with Gasteiger partial charge in [-0.05, 0) is 48.9 Å². The quantitative estimate of drug-likeness (QED) is 0.465. The third-order valence-corrected chi connectivity index (χ3v) is 6.88. The van der Waals surface area contributed by atoms with Crippen LogP contribution in [0, 0.1) is 12.8 Å². The lowest BCUT2D eigenvalue weighted by Crippen LogP contribution is -2.41. The van der Waals surface area contributed by atoms with Gasteiger partial charge in [0, 0.05) is 23.9 Å². The molecule has 5 nitrogen and oxygen atoms in total. The van der Waals surface area contributed by atoms with Crippen LogP contribution in [-0.2, 0) is 4.79 Å². The van der Waals surface area contributed by atoms with Crippen LogP contribution < -0.4 is 10.2 Å². The Kier molecular flexibility index (Phi) is 5.47. The van der Waals surface area contributed by atoms with E-state index in [4.69, 9.17) is 4.42 Å². The number of carbonyl (C=O) groups is 1. The molecule has 1 aliphatic heterocycles. The van der Waals surface area contributed by atoms with Gasteiger partial charge >= 0.3 is 0 Å². The minimum Gasteiger partial charge on any atom is -0.423 e. The van der Waals surface area contributed by atoms with Gasteiger partial charge in [-0.15, -0.1) is 11.3 Å². The number of rotatable bonds is 5. The molecule has 0 aliphatic carbocycles. The van der Waals surface area contributed by atoms with Crippen molar-refractivity contribution in [2.24, 2.45) is 5.92 Å². The number of benzene rings is 2. The number of aromatic nitrogens is 1. The van der Waals surface area contributed by atoms with E-state index >= 15 is 0 Å². The summed E-state index contributed by atoms with van der Waals surface area (Å²) >= 11 is 1.67. The van der Waals surface area contributed by atoms with Crippen LogP contribution in [0.4, 0.5) is 6.01 Å². The number of para-hydroxylation sites is 2. The van der Waals surface area contributed by atoms with E-state index in [1.165, 1.54) is 5.56 Å². The summed E-state index contributed by atoms with van der Waals surface area (Å²) in [5.41, 5.74) is 4.00. The number of nitrogens with zero attached hydrogens (tertiary/aromatic N) is 2. The molecule has 158 valence electrons. The maximum Gasteiger partial charge on any atom is 0.298 e. The number of fused-ring (bicyclic) bond motifs is 1. The second-order valence-electron chi connectivity index (χ2n) is 8.09. The first-order valence-electron chi connectivity index (χ1n) is 10.7. The lowest BCUT2D eigenvalue weighted by molar-refractivity contribution is -0.126. The molecule has 4 aromatic rings. The normalized spacial score (nSPS) is 15.8. The third kappa shape index (κ3) is 4.21. The molecule has 1 saturated heterocycles. The van der Waals surface area contributed by atoms with E-state index in [0.29, 0.717) is 6.01 Å². The Labute approximate surface area is 185 Å². The van der Waals surface area contributed by atoms with E-state index in [1.807, 2.05) is 30.3 Å². The smallest absolute Gasteiger partial charge is 0.298 e. The molecule has 2 aromatic carbocycles. The first-order valence-corrected chi connectivity index (χ1v) is 11.6. The number of piperidine rings is 1. The number of hydrogen-bond donors (Lipinski definition) is 1. The van der Waals surface area contributed by atoms with E-state index in [9.17, 15) is 4.79 Å². The molecule has 1 fully saturated rings. The summed E-state index contributed by atoms with van der Waals surface area (Å²) < 4.78 is 5.90. The summed E-state index contributed by atoms with van der Waals surface area (Å²) in [6, 6.07) is 20.9. The number of oxazole rings is 1. The molecule has 0 spiro atoms. The molecule has 1 aliphatic rings. The number of hydrogen-bond acceptors (Lipinski definition) is 5. The van der Waals surface area contributed by atoms with Crippen molar-refractivity contribution in [3.8, 4) is 0 Å². The number of amides is 1. The maximum absolute atomic E-state index is 13.2. The Bertz CT molecular complexity index is 1130. The average Bonchev–Trinajstić information content (AvgIpc) is 3.48. The highest BCUT2D eigenvalue weighted by molar-refractivity contribution is 7.10. The average molecular weight is 432 g/mol. The first kappa shape index (κ1) is 19.8. The summed E-state index contributed by atoms with van der Waals surface area (Å²) in [5.74, 6) is 0.115.